The molecule has 0 bridgehead atoms. The first-order valence-corrected chi connectivity index (χ1v) is 7.60. The Kier molecular flexibility index (Phi) is 5.00. The zero-order chi connectivity index (χ0) is 15.6. The van der Waals surface area contributed by atoms with Crippen molar-refractivity contribution in [2.45, 2.75) is 46.1 Å². The molecule has 1 aliphatic rings. The first-order valence-electron chi connectivity index (χ1n) is 7.60. The molecule has 2 atom stereocenters. The highest BCUT2D eigenvalue weighted by Gasteiger charge is 2.28. The molecule has 3 N–H and O–H groups in total. The number of nitrogens with one attached hydrogen (secondary N) is 1. The monoisotopic (exact) mass is 293 g/mol. The van der Waals surface area contributed by atoms with Gasteiger partial charge in [-0.25, -0.2) is 15.8 Å². The standard InChI is InChI=1S/C15H27N5O/c1-9(2)13-17-14(19-16)11(4)15(18-13)20-7-6-10(3)12(8-20)21-5/h9-10,12H,6-8,16H2,1-5H3,(H,17,18,19). The minimum atomic E-state index is 0.241. The van der Waals surface area contributed by atoms with Crippen molar-refractivity contribution >= 4 is 11.6 Å². The number of hydrazine groups is 1. The second-order valence-corrected chi connectivity index (χ2v) is 6.16. The molecule has 0 aromatic carbocycles. The van der Waals surface area contributed by atoms with E-state index in [1.807, 2.05) is 6.92 Å². The summed E-state index contributed by atoms with van der Waals surface area (Å²) in [5.41, 5.74) is 3.69. The lowest BCUT2D eigenvalue weighted by molar-refractivity contribution is 0.0496. The lowest BCUT2D eigenvalue weighted by Crippen LogP contribution is -2.44. The molecule has 2 heterocycles. The Bertz CT molecular complexity index is 491. The molecule has 1 saturated heterocycles. The molecule has 0 aliphatic carbocycles. The second-order valence-electron chi connectivity index (χ2n) is 6.16. The number of piperidine rings is 1. The summed E-state index contributed by atoms with van der Waals surface area (Å²) in [5.74, 6) is 8.94. The fourth-order valence-corrected chi connectivity index (χ4v) is 2.76. The molecule has 6 heteroatoms. The molecule has 0 radical (unpaired) electrons. The number of ether oxygens (including phenoxy) is 1. The van der Waals surface area contributed by atoms with Crippen molar-refractivity contribution in [1.82, 2.24) is 9.97 Å². The molecular formula is C15H27N5O. The van der Waals surface area contributed by atoms with Gasteiger partial charge in [-0.1, -0.05) is 20.8 Å². The van der Waals surface area contributed by atoms with Gasteiger partial charge in [-0.05, 0) is 19.3 Å². The number of nitrogen functional groups attached to an aromatic ring is 1. The summed E-state index contributed by atoms with van der Waals surface area (Å²) in [6, 6.07) is 0. The number of nitrogens with zero attached hydrogens (tertiary/aromatic N) is 3. The van der Waals surface area contributed by atoms with Crippen molar-refractivity contribution in [3.63, 3.8) is 0 Å². The Hall–Kier alpha value is -1.40. The SMILES string of the molecule is COC1CN(c2nc(C(C)C)nc(NN)c2C)CCC1C. The summed E-state index contributed by atoms with van der Waals surface area (Å²) >= 11 is 0. The topological polar surface area (TPSA) is 76.3 Å². The van der Waals surface area contributed by atoms with Gasteiger partial charge in [0, 0.05) is 31.7 Å². The van der Waals surface area contributed by atoms with Crippen molar-refractivity contribution < 1.29 is 4.74 Å². The van der Waals surface area contributed by atoms with Crippen molar-refractivity contribution in [2.24, 2.45) is 11.8 Å². The number of anilines is 2. The predicted molar refractivity (Wildman–Crippen MR) is 85.5 cm³/mol. The van der Waals surface area contributed by atoms with Crippen LogP contribution in [0.3, 0.4) is 0 Å². The minimum Gasteiger partial charge on any atom is -0.379 e. The van der Waals surface area contributed by atoms with Gasteiger partial charge in [-0.3, -0.25) is 0 Å². The Morgan fingerprint density at radius 1 is 1.38 bits per heavy atom. The van der Waals surface area contributed by atoms with E-state index in [0.29, 0.717) is 11.7 Å². The highest BCUT2D eigenvalue weighted by molar-refractivity contribution is 5.58. The third-order valence-electron chi connectivity index (χ3n) is 4.28. The van der Waals surface area contributed by atoms with Crippen LogP contribution in [0.2, 0.25) is 0 Å². The van der Waals surface area contributed by atoms with E-state index in [2.05, 4.69) is 36.1 Å². The van der Waals surface area contributed by atoms with Crippen LogP contribution < -0.4 is 16.2 Å². The van der Waals surface area contributed by atoms with E-state index in [1.54, 1.807) is 7.11 Å². The van der Waals surface area contributed by atoms with Gasteiger partial charge in [0.15, 0.2) is 0 Å². The smallest absolute Gasteiger partial charge is 0.148 e. The summed E-state index contributed by atoms with van der Waals surface area (Å²) < 4.78 is 5.60. The van der Waals surface area contributed by atoms with Crippen molar-refractivity contribution in [3.8, 4) is 0 Å². The molecule has 0 saturated carbocycles. The number of methoxy groups -OCH3 is 1. The van der Waals surface area contributed by atoms with Crippen LogP contribution in [-0.4, -0.2) is 36.3 Å². The Balaban J connectivity index is 2.36. The molecule has 21 heavy (non-hydrogen) atoms. The molecule has 2 rings (SSSR count). The zero-order valence-electron chi connectivity index (χ0n) is 13.7. The maximum Gasteiger partial charge on any atom is 0.148 e. The molecule has 2 unspecified atom stereocenters. The van der Waals surface area contributed by atoms with Gasteiger partial charge in [-0.2, -0.15) is 0 Å². The average molecular weight is 293 g/mol. The molecule has 6 nitrogen and oxygen atoms in total. The van der Waals surface area contributed by atoms with Gasteiger partial charge < -0.3 is 15.1 Å². The fourth-order valence-electron chi connectivity index (χ4n) is 2.76. The van der Waals surface area contributed by atoms with E-state index in [9.17, 15) is 0 Å². The molecule has 1 aliphatic heterocycles. The quantitative estimate of drug-likeness (QED) is 0.653. The molecule has 1 aromatic rings. The number of aromatic nitrogens is 2. The van der Waals surface area contributed by atoms with Gasteiger partial charge in [0.2, 0.25) is 0 Å². The Labute approximate surface area is 127 Å². The van der Waals surface area contributed by atoms with E-state index < -0.39 is 0 Å². The van der Waals surface area contributed by atoms with Crippen LogP contribution in [0.5, 0.6) is 0 Å². The van der Waals surface area contributed by atoms with Crippen LogP contribution in [0.1, 0.15) is 44.5 Å². The van der Waals surface area contributed by atoms with Gasteiger partial charge in [0.05, 0.1) is 6.10 Å². The third-order valence-corrected chi connectivity index (χ3v) is 4.28. The van der Waals surface area contributed by atoms with Crippen molar-refractivity contribution in [3.05, 3.63) is 11.4 Å². The maximum absolute atomic E-state index is 5.61. The number of hydrogen-bond donors (Lipinski definition) is 2. The third kappa shape index (κ3) is 3.27. The Morgan fingerprint density at radius 2 is 2.10 bits per heavy atom. The summed E-state index contributed by atoms with van der Waals surface area (Å²) in [4.78, 5) is 11.5. The summed E-state index contributed by atoms with van der Waals surface area (Å²) in [7, 11) is 1.78. The number of nitrogens with two attached hydrogens (primary N) is 1. The molecule has 0 amide bonds. The van der Waals surface area contributed by atoms with E-state index in [4.69, 9.17) is 15.6 Å². The first kappa shape index (κ1) is 16.0. The first-order chi connectivity index (χ1) is 9.97. The molecule has 1 fully saturated rings. The van der Waals surface area contributed by atoms with E-state index in [-0.39, 0.29) is 12.0 Å². The molecule has 118 valence electrons. The minimum absolute atomic E-state index is 0.241. The maximum atomic E-state index is 5.61. The highest BCUT2D eigenvalue weighted by Crippen LogP contribution is 2.29. The fraction of sp³-hybridized carbons (Fsp3) is 0.733. The van der Waals surface area contributed by atoms with Gasteiger partial charge in [0.25, 0.3) is 0 Å². The second kappa shape index (κ2) is 6.58. The van der Waals surface area contributed by atoms with Crippen LogP contribution in [0.25, 0.3) is 0 Å². The molecule has 0 spiro atoms. The average Bonchev–Trinajstić information content (AvgIpc) is 2.48. The number of hydrogen-bond acceptors (Lipinski definition) is 6. The zero-order valence-corrected chi connectivity index (χ0v) is 13.7. The predicted octanol–water partition coefficient (Wildman–Crippen LogP) is 2.06. The Morgan fingerprint density at radius 3 is 2.67 bits per heavy atom. The van der Waals surface area contributed by atoms with Crippen LogP contribution in [0.15, 0.2) is 0 Å². The van der Waals surface area contributed by atoms with Gasteiger partial charge in [-0.15, -0.1) is 0 Å². The van der Waals surface area contributed by atoms with Gasteiger partial charge in [0.1, 0.15) is 17.5 Å². The molecule has 1 aromatic heterocycles. The van der Waals surface area contributed by atoms with Gasteiger partial charge >= 0.3 is 0 Å². The van der Waals surface area contributed by atoms with Crippen LogP contribution >= 0.6 is 0 Å². The lowest BCUT2D eigenvalue weighted by atomic mass is 9.95. The van der Waals surface area contributed by atoms with Crippen molar-refractivity contribution in [2.75, 3.05) is 30.5 Å². The van der Waals surface area contributed by atoms with E-state index >= 15 is 0 Å². The normalized spacial score (nSPS) is 22.7. The summed E-state index contributed by atoms with van der Waals surface area (Å²) in [5, 5.41) is 0. The number of rotatable bonds is 4. The van der Waals surface area contributed by atoms with Crippen LogP contribution in [0.4, 0.5) is 11.6 Å². The highest BCUT2D eigenvalue weighted by atomic mass is 16.5. The summed E-state index contributed by atoms with van der Waals surface area (Å²) in [6.45, 7) is 10.3. The summed E-state index contributed by atoms with van der Waals surface area (Å²) in [6.07, 6.45) is 1.34. The van der Waals surface area contributed by atoms with Crippen LogP contribution in [0, 0.1) is 12.8 Å². The van der Waals surface area contributed by atoms with E-state index in [1.165, 1.54) is 0 Å². The molecular weight excluding hydrogens is 266 g/mol. The van der Waals surface area contributed by atoms with Crippen LogP contribution in [-0.2, 0) is 4.74 Å². The lowest BCUT2D eigenvalue weighted by Gasteiger charge is -2.37. The largest absolute Gasteiger partial charge is 0.379 e. The van der Waals surface area contributed by atoms with E-state index in [0.717, 1.165) is 36.7 Å². The van der Waals surface area contributed by atoms with Crippen molar-refractivity contribution in [1.29, 1.82) is 0 Å².